The van der Waals surface area contributed by atoms with Crippen molar-refractivity contribution in [2.75, 3.05) is 5.73 Å². The molecular weight excluding hydrogens is 444 g/mol. The fourth-order valence-electron chi connectivity index (χ4n) is 3.79. The standard InChI is InChI=1S/C24H19ClN4O2S/c1-15-5-4-6-18(13-15)32(30,31)22-21-24(28-20-8-3-2-7-19(20)27-21)29(23(22)26)14-16-9-11-17(25)12-10-16/h2-13H,14,26H2,1H3. The highest BCUT2D eigenvalue weighted by atomic mass is 35.5. The molecule has 2 N–H and O–H groups in total. The van der Waals surface area contributed by atoms with Crippen molar-refractivity contribution in [3.8, 4) is 0 Å². The van der Waals surface area contributed by atoms with Gasteiger partial charge in [-0.2, -0.15) is 0 Å². The molecule has 5 rings (SSSR count). The first-order chi connectivity index (χ1) is 15.3. The number of nitrogen functional groups attached to an aromatic ring is 1. The van der Waals surface area contributed by atoms with Crippen molar-refractivity contribution in [2.45, 2.75) is 23.3 Å². The number of anilines is 1. The predicted molar refractivity (Wildman–Crippen MR) is 127 cm³/mol. The summed E-state index contributed by atoms with van der Waals surface area (Å²) in [6.07, 6.45) is 0. The molecule has 0 saturated heterocycles. The number of nitrogens with two attached hydrogens (primary N) is 1. The molecule has 0 aliphatic carbocycles. The van der Waals surface area contributed by atoms with E-state index >= 15 is 0 Å². The molecule has 3 aromatic carbocycles. The minimum absolute atomic E-state index is 0.0229. The van der Waals surface area contributed by atoms with Gasteiger partial charge in [-0.15, -0.1) is 0 Å². The Bertz CT molecular complexity index is 1590. The van der Waals surface area contributed by atoms with E-state index in [1.165, 1.54) is 0 Å². The first-order valence-corrected chi connectivity index (χ1v) is 11.8. The Labute approximate surface area is 190 Å². The quantitative estimate of drug-likeness (QED) is 0.405. The Morgan fingerprint density at radius 1 is 0.938 bits per heavy atom. The van der Waals surface area contributed by atoms with Crippen LogP contribution in [0.4, 0.5) is 5.82 Å². The third-order valence-electron chi connectivity index (χ3n) is 5.37. The van der Waals surface area contributed by atoms with E-state index in [0.717, 1.165) is 11.1 Å². The number of halogens is 1. The van der Waals surface area contributed by atoms with E-state index in [-0.39, 0.29) is 21.1 Å². The number of hydrogen-bond acceptors (Lipinski definition) is 5. The van der Waals surface area contributed by atoms with Gasteiger partial charge in [-0.05, 0) is 54.4 Å². The SMILES string of the molecule is Cc1cccc(S(=O)(=O)c2c(N)n(Cc3ccc(Cl)cc3)c3nc4ccccc4nc23)c1. The summed E-state index contributed by atoms with van der Waals surface area (Å²) < 4.78 is 29.1. The zero-order valence-electron chi connectivity index (χ0n) is 17.2. The zero-order valence-corrected chi connectivity index (χ0v) is 18.7. The number of para-hydroxylation sites is 2. The van der Waals surface area contributed by atoms with Crippen LogP contribution in [0.15, 0.2) is 82.6 Å². The second kappa shape index (κ2) is 7.62. The Morgan fingerprint density at radius 3 is 2.31 bits per heavy atom. The third kappa shape index (κ3) is 3.39. The van der Waals surface area contributed by atoms with Gasteiger partial charge < -0.3 is 10.3 Å². The molecule has 2 aromatic heterocycles. The summed E-state index contributed by atoms with van der Waals surface area (Å²) in [4.78, 5) is 9.54. The molecule has 8 heteroatoms. The van der Waals surface area contributed by atoms with E-state index in [9.17, 15) is 8.42 Å². The van der Waals surface area contributed by atoms with Gasteiger partial charge in [-0.1, -0.05) is 48.0 Å². The van der Waals surface area contributed by atoms with Gasteiger partial charge in [0, 0.05) is 5.02 Å². The van der Waals surface area contributed by atoms with E-state index in [2.05, 4.69) is 4.98 Å². The summed E-state index contributed by atoms with van der Waals surface area (Å²) in [5.41, 5.74) is 10.2. The van der Waals surface area contributed by atoms with Gasteiger partial charge in [0.05, 0.1) is 22.5 Å². The second-order valence-electron chi connectivity index (χ2n) is 7.63. The number of fused-ring (bicyclic) bond motifs is 2. The van der Waals surface area contributed by atoms with Crippen molar-refractivity contribution < 1.29 is 8.42 Å². The number of hydrogen-bond donors (Lipinski definition) is 1. The minimum atomic E-state index is -3.94. The molecule has 160 valence electrons. The number of nitrogens with zero attached hydrogens (tertiary/aromatic N) is 3. The maximum absolute atomic E-state index is 13.7. The molecule has 6 nitrogen and oxygen atoms in total. The first-order valence-electron chi connectivity index (χ1n) is 9.95. The Hall–Kier alpha value is -3.42. The van der Waals surface area contributed by atoms with E-state index in [0.29, 0.717) is 28.2 Å². The molecule has 0 unspecified atom stereocenters. The number of rotatable bonds is 4. The van der Waals surface area contributed by atoms with Crippen LogP contribution in [-0.4, -0.2) is 23.0 Å². The number of benzene rings is 3. The lowest BCUT2D eigenvalue weighted by Crippen LogP contribution is -2.09. The third-order valence-corrected chi connectivity index (χ3v) is 7.44. The van der Waals surface area contributed by atoms with Gasteiger partial charge in [0.2, 0.25) is 9.84 Å². The molecule has 2 heterocycles. The van der Waals surface area contributed by atoms with Crippen molar-refractivity contribution in [1.82, 2.24) is 14.5 Å². The number of aromatic nitrogens is 3. The van der Waals surface area contributed by atoms with Crippen LogP contribution >= 0.6 is 11.6 Å². The topological polar surface area (TPSA) is 90.9 Å². The van der Waals surface area contributed by atoms with Crippen LogP contribution in [0.1, 0.15) is 11.1 Å². The normalized spacial score (nSPS) is 11.9. The van der Waals surface area contributed by atoms with Crippen molar-refractivity contribution in [2.24, 2.45) is 0 Å². The van der Waals surface area contributed by atoms with Crippen molar-refractivity contribution in [3.63, 3.8) is 0 Å². The summed E-state index contributed by atoms with van der Waals surface area (Å²) in [6.45, 7) is 2.18. The van der Waals surface area contributed by atoms with E-state index in [4.69, 9.17) is 22.3 Å². The lowest BCUT2D eigenvalue weighted by atomic mass is 10.2. The predicted octanol–water partition coefficient (Wildman–Crippen LogP) is 5.01. The molecule has 0 radical (unpaired) electrons. The summed E-state index contributed by atoms with van der Waals surface area (Å²) in [5.74, 6) is 0.103. The van der Waals surface area contributed by atoms with Gasteiger partial charge in [0.25, 0.3) is 0 Å². The maximum Gasteiger partial charge on any atom is 0.212 e. The highest BCUT2D eigenvalue weighted by Gasteiger charge is 2.30. The van der Waals surface area contributed by atoms with Crippen LogP contribution in [0.3, 0.4) is 0 Å². The van der Waals surface area contributed by atoms with Gasteiger partial charge in [0.1, 0.15) is 16.2 Å². The summed E-state index contributed by atoms with van der Waals surface area (Å²) in [7, 11) is -3.94. The van der Waals surface area contributed by atoms with Crippen LogP contribution in [0, 0.1) is 6.92 Å². The highest BCUT2D eigenvalue weighted by molar-refractivity contribution is 7.92. The molecule has 0 aliphatic heterocycles. The molecule has 0 amide bonds. The summed E-state index contributed by atoms with van der Waals surface area (Å²) in [6, 6.07) is 21.4. The summed E-state index contributed by atoms with van der Waals surface area (Å²) in [5, 5.41) is 0.618. The summed E-state index contributed by atoms with van der Waals surface area (Å²) >= 11 is 6.02. The van der Waals surface area contributed by atoms with Crippen molar-refractivity contribution in [3.05, 3.63) is 88.9 Å². The van der Waals surface area contributed by atoms with Gasteiger partial charge >= 0.3 is 0 Å². The molecular formula is C24H19ClN4O2S. The number of sulfone groups is 1. The Balaban J connectivity index is 1.81. The van der Waals surface area contributed by atoms with Crippen LogP contribution in [-0.2, 0) is 16.4 Å². The average Bonchev–Trinajstić information content (AvgIpc) is 3.04. The zero-order chi connectivity index (χ0) is 22.5. The first kappa shape index (κ1) is 20.5. The second-order valence-corrected chi connectivity index (χ2v) is 9.95. The van der Waals surface area contributed by atoms with Crippen LogP contribution < -0.4 is 5.73 Å². The molecule has 32 heavy (non-hydrogen) atoms. The number of aryl methyl sites for hydroxylation is 1. The van der Waals surface area contributed by atoms with Gasteiger partial charge in [-0.25, -0.2) is 18.4 Å². The van der Waals surface area contributed by atoms with Crippen LogP contribution in [0.25, 0.3) is 22.2 Å². The van der Waals surface area contributed by atoms with Crippen LogP contribution in [0.2, 0.25) is 5.02 Å². The molecule has 0 saturated carbocycles. The Kier molecular flexibility index (Phi) is 4.87. The molecule has 0 aliphatic rings. The van der Waals surface area contributed by atoms with Crippen molar-refractivity contribution >= 4 is 49.5 Å². The fraction of sp³-hybridized carbons (Fsp3) is 0.0833. The van der Waals surface area contributed by atoms with E-state index in [1.807, 2.05) is 43.3 Å². The lowest BCUT2D eigenvalue weighted by molar-refractivity contribution is 0.596. The lowest BCUT2D eigenvalue weighted by Gasteiger charge is -2.09. The van der Waals surface area contributed by atoms with Crippen LogP contribution in [0.5, 0.6) is 0 Å². The van der Waals surface area contributed by atoms with Crippen molar-refractivity contribution in [1.29, 1.82) is 0 Å². The largest absolute Gasteiger partial charge is 0.384 e. The monoisotopic (exact) mass is 462 g/mol. The molecule has 0 bridgehead atoms. The molecule has 5 aromatic rings. The average molecular weight is 463 g/mol. The fourth-order valence-corrected chi connectivity index (χ4v) is 5.52. The van der Waals surface area contributed by atoms with E-state index < -0.39 is 9.84 Å². The molecule has 0 spiro atoms. The molecule has 0 atom stereocenters. The maximum atomic E-state index is 13.7. The van der Waals surface area contributed by atoms with Gasteiger partial charge in [0.15, 0.2) is 5.65 Å². The Morgan fingerprint density at radius 2 is 1.62 bits per heavy atom. The van der Waals surface area contributed by atoms with E-state index in [1.54, 1.807) is 41.0 Å². The minimum Gasteiger partial charge on any atom is -0.384 e. The molecule has 0 fully saturated rings. The van der Waals surface area contributed by atoms with Gasteiger partial charge in [-0.3, -0.25) is 0 Å². The highest BCUT2D eigenvalue weighted by Crippen LogP contribution is 2.36. The smallest absolute Gasteiger partial charge is 0.212 e.